The Balaban J connectivity index is 2.40. The molecule has 1 atom stereocenters. The van der Waals surface area contributed by atoms with E-state index >= 15 is 0 Å². The second-order valence-corrected chi connectivity index (χ2v) is 6.04. The van der Waals surface area contributed by atoms with Crippen LogP contribution in [0.1, 0.15) is 19.4 Å². The molecule has 0 spiro atoms. The van der Waals surface area contributed by atoms with Crippen molar-refractivity contribution in [3.63, 3.8) is 0 Å². The average molecular weight is 251 g/mol. The second kappa shape index (κ2) is 4.07. The number of carboxylic acids is 1. The van der Waals surface area contributed by atoms with Crippen molar-refractivity contribution in [1.82, 2.24) is 0 Å². The van der Waals surface area contributed by atoms with Gasteiger partial charge in [0.25, 0.3) is 0 Å². The first-order chi connectivity index (χ1) is 7.92. The molecule has 0 unspecified atom stereocenters. The molecule has 2 N–H and O–H groups in total. The van der Waals surface area contributed by atoms with E-state index in [1.54, 1.807) is 24.3 Å². The number of aliphatic carboxylic acids is 1. The van der Waals surface area contributed by atoms with Crippen molar-refractivity contribution in [3.05, 3.63) is 29.8 Å². The normalized spacial score (nSPS) is 22.2. The van der Waals surface area contributed by atoms with E-state index in [1.807, 2.05) is 13.8 Å². The topological polar surface area (TPSA) is 69.9 Å². The van der Waals surface area contributed by atoms with Gasteiger partial charge in [0, 0.05) is 10.3 Å². The second-order valence-electron chi connectivity index (χ2n) is 4.40. The van der Waals surface area contributed by atoms with Gasteiger partial charge in [-0.1, -0.05) is 23.9 Å². The smallest absolute Gasteiger partial charge is 0.329 e. The number of phenols is 1. The lowest BCUT2D eigenvalue weighted by molar-refractivity contribution is -0.138. The minimum absolute atomic E-state index is 0.126. The maximum atomic E-state index is 11.1. The largest absolute Gasteiger partial charge is 0.507 e. The van der Waals surface area contributed by atoms with E-state index in [0.29, 0.717) is 10.6 Å². The minimum Gasteiger partial charge on any atom is -0.507 e. The number of aliphatic imine (C=N–C) groups is 1. The van der Waals surface area contributed by atoms with E-state index in [1.165, 1.54) is 11.8 Å². The van der Waals surface area contributed by atoms with Gasteiger partial charge in [0.15, 0.2) is 6.04 Å². The van der Waals surface area contributed by atoms with Gasteiger partial charge < -0.3 is 10.2 Å². The summed E-state index contributed by atoms with van der Waals surface area (Å²) in [5, 5.41) is 19.4. The number of thioether (sulfide) groups is 1. The zero-order chi connectivity index (χ0) is 12.6. The summed E-state index contributed by atoms with van der Waals surface area (Å²) in [6.07, 6.45) is 0. The van der Waals surface area contributed by atoms with Crippen LogP contribution < -0.4 is 0 Å². The Morgan fingerprint density at radius 2 is 2.06 bits per heavy atom. The summed E-state index contributed by atoms with van der Waals surface area (Å²) in [5.41, 5.74) is 0.592. The third-order valence-corrected chi connectivity index (χ3v) is 3.90. The van der Waals surface area contributed by atoms with Crippen LogP contribution in [0.4, 0.5) is 0 Å². The lowest BCUT2D eigenvalue weighted by atomic mass is 10.0. The van der Waals surface area contributed by atoms with Gasteiger partial charge >= 0.3 is 5.97 Å². The number of carbonyl (C=O) groups is 1. The lowest BCUT2D eigenvalue weighted by Crippen LogP contribution is -2.34. The van der Waals surface area contributed by atoms with E-state index in [-0.39, 0.29) is 5.75 Å². The Hall–Kier alpha value is -1.49. The summed E-state index contributed by atoms with van der Waals surface area (Å²) < 4.78 is -0.497. The molecule has 0 aromatic heterocycles. The molecular formula is C12H13NO3S. The van der Waals surface area contributed by atoms with Gasteiger partial charge in [-0.25, -0.2) is 4.79 Å². The molecular weight excluding hydrogens is 238 g/mol. The fourth-order valence-electron chi connectivity index (χ4n) is 1.74. The van der Waals surface area contributed by atoms with Crippen molar-refractivity contribution in [3.8, 4) is 5.75 Å². The van der Waals surface area contributed by atoms with E-state index in [0.717, 1.165) is 0 Å². The Morgan fingerprint density at radius 1 is 1.41 bits per heavy atom. The Kier molecular flexibility index (Phi) is 2.87. The Bertz CT molecular complexity index is 496. The molecule has 0 radical (unpaired) electrons. The summed E-state index contributed by atoms with van der Waals surface area (Å²) in [6, 6.07) is 6.04. The Labute approximate surface area is 103 Å². The molecule has 0 bridgehead atoms. The number of phenolic OH excluding ortho intramolecular Hbond substituents is 1. The number of para-hydroxylation sites is 1. The highest BCUT2D eigenvalue weighted by molar-refractivity contribution is 8.15. The summed E-state index contributed by atoms with van der Waals surface area (Å²) in [4.78, 5) is 15.3. The SMILES string of the molecule is CC1(C)SC(c2ccccc2O)=N[C@H]1C(=O)O. The Morgan fingerprint density at radius 3 is 2.59 bits per heavy atom. The molecule has 1 aromatic rings. The van der Waals surface area contributed by atoms with Crippen LogP contribution in [0.25, 0.3) is 0 Å². The summed E-state index contributed by atoms with van der Waals surface area (Å²) >= 11 is 1.38. The van der Waals surface area contributed by atoms with Crippen LogP contribution in [-0.2, 0) is 4.79 Å². The first-order valence-corrected chi connectivity index (χ1v) is 6.01. The molecule has 4 nitrogen and oxygen atoms in total. The number of aromatic hydroxyl groups is 1. The van der Waals surface area contributed by atoms with Crippen LogP contribution in [0.15, 0.2) is 29.3 Å². The zero-order valence-corrected chi connectivity index (χ0v) is 10.4. The van der Waals surface area contributed by atoms with Crippen LogP contribution in [-0.4, -0.2) is 32.0 Å². The molecule has 0 amide bonds. The van der Waals surface area contributed by atoms with Crippen molar-refractivity contribution >= 4 is 22.8 Å². The monoisotopic (exact) mass is 251 g/mol. The van der Waals surface area contributed by atoms with Gasteiger partial charge in [-0.15, -0.1) is 0 Å². The van der Waals surface area contributed by atoms with Gasteiger partial charge in [0.05, 0.1) is 0 Å². The lowest BCUT2D eigenvalue weighted by Gasteiger charge is -2.20. The van der Waals surface area contributed by atoms with E-state index in [2.05, 4.69) is 4.99 Å². The zero-order valence-electron chi connectivity index (χ0n) is 9.54. The van der Waals surface area contributed by atoms with Gasteiger partial charge in [0.2, 0.25) is 0 Å². The minimum atomic E-state index is -0.937. The standard InChI is InChI=1S/C12H13NO3S/c1-12(2)9(11(15)16)13-10(17-12)7-5-3-4-6-8(7)14/h3-6,9,14H,1-2H3,(H,15,16)/t9-/m0/s1. The molecule has 5 heteroatoms. The molecule has 2 rings (SSSR count). The predicted octanol–water partition coefficient (Wildman–Crippen LogP) is 2.12. The maximum Gasteiger partial charge on any atom is 0.329 e. The summed E-state index contributed by atoms with van der Waals surface area (Å²) in [6.45, 7) is 3.68. The van der Waals surface area contributed by atoms with Crippen LogP contribution >= 0.6 is 11.8 Å². The van der Waals surface area contributed by atoms with Crippen molar-refractivity contribution < 1.29 is 15.0 Å². The highest BCUT2D eigenvalue weighted by atomic mass is 32.2. The number of nitrogens with zero attached hydrogens (tertiary/aromatic N) is 1. The molecule has 0 saturated heterocycles. The first-order valence-electron chi connectivity index (χ1n) is 5.20. The molecule has 1 aliphatic heterocycles. The number of rotatable bonds is 2. The molecule has 1 heterocycles. The quantitative estimate of drug-likeness (QED) is 0.844. The number of hydrogen-bond donors (Lipinski definition) is 2. The molecule has 17 heavy (non-hydrogen) atoms. The summed E-state index contributed by atoms with van der Waals surface area (Å²) in [5.74, 6) is -0.812. The van der Waals surface area contributed by atoms with Gasteiger partial charge in [-0.3, -0.25) is 4.99 Å². The third-order valence-electron chi connectivity index (χ3n) is 2.63. The molecule has 0 saturated carbocycles. The molecule has 1 aromatic carbocycles. The van der Waals surface area contributed by atoms with Crippen LogP contribution in [0.3, 0.4) is 0 Å². The summed E-state index contributed by atoms with van der Waals surface area (Å²) in [7, 11) is 0. The average Bonchev–Trinajstić information content (AvgIpc) is 2.55. The van der Waals surface area contributed by atoms with Crippen LogP contribution in [0.5, 0.6) is 5.75 Å². The number of carboxylic acid groups (broad SMARTS) is 1. The van der Waals surface area contributed by atoms with Gasteiger partial charge in [0.1, 0.15) is 10.8 Å². The predicted molar refractivity (Wildman–Crippen MR) is 67.7 cm³/mol. The number of benzene rings is 1. The third kappa shape index (κ3) is 2.15. The molecule has 0 aliphatic carbocycles. The first kappa shape index (κ1) is 12.0. The van der Waals surface area contributed by atoms with E-state index < -0.39 is 16.8 Å². The maximum absolute atomic E-state index is 11.1. The fraction of sp³-hybridized carbons (Fsp3) is 0.333. The van der Waals surface area contributed by atoms with Crippen LogP contribution in [0.2, 0.25) is 0 Å². The van der Waals surface area contributed by atoms with Gasteiger partial charge in [-0.05, 0) is 26.0 Å². The highest BCUT2D eigenvalue weighted by Gasteiger charge is 2.42. The van der Waals surface area contributed by atoms with Crippen LogP contribution in [0, 0.1) is 0 Å². The molecule has 90 valence electrons. The number of hydrogen-bond acceptors (Lipinski definition) is 4. The fourth-order valence-corrected chi connectivity index (χ4v) is 2.94. The van der Waals surface area contributed by atoms with Crippen molar-refractivity contribution in [2.24, 2.45) is 4.99 Å². The van der Waals surface area contributed by atoms with E-state index in [9.17, 15) is 9.90 Å². The molecule has 0 fully saturated rings. The van der Waals surface area contributed by atoms with E-state index in [4.69, 9.17) is 5.11 Å². The van der Waals surface area contributed by atoms with Crippen molar-refractivity contribution in [2.75, 3.05) is 0 Å². The van der Waals surface area contributed by atoms with Crippen molar-refractivity contribution in [2.45, 2.75) is 24.6 Å². The highest BCUT2D eigenvalue weighted by Crippen LogP contribution is 2.41. The van der Waals surface area contributed by atoms with Crippen molar-refractivity contribution in [1.29, 1.82) is 0 Å². The van der Waals surface area contributed by atoms with Gasteiger partial charge in [-0.2, -0.15) is 0 Å². The molecule has 1 aliphatic rings.